The van der Waals surface area contributed by atoms with Crippen LogP contribution < -0.4 is 0 Å². The van der Waals surface area contributed by atoms with Gasteiger partial charge in [-0.3, -0.25) is 19.3 Å². The van der Waals surface area contributed by atoms with Crippen molar-refractivity contribution in [2.75, 3.05) is 32.8 Å². The van der Waals surface area contributed by atoms with Crippen LogP contribution >= 0.6 is 0 Å². The largest absolute Gasteiger partial charge is 0.378 e. The van der Waals surface area contributed by atoms with E-state index >= 15 is 0 Å². The number of carbonyl (C=O) groups excluding carboxylic acids is 2. The van der Waals surface area contributed by atoms with Gasteiger partial charge in [0.05, 0.1) is 32.0 Å². The zero-order chi connectivity index (χ0) is 25.5. The van der Waals surface area contributed by atoms with Gasteiger partial charge in [-0.15, -0.1) is 0 Å². The molecule has 3 aromatic heterocycles. The number of benzene rings is 1. The Hall–Kier alpha value is -3.98. The third-order valence-electron chi connectivity index (χ3n) is 7.52. The van der Waals surface area contributed by atoms with Crippen molar-refractivity contribution < 1.29 is 14.3 Å². The fraction of sp³-hybridized carbons (Fsp3) is 0.357. The van der Waals surface area contributed by atoms with Crippen LogP contribution in [0.4, 0.5) is 0 Å². The predicted octanol–water partition coefficient (Wildman–Crippen LogP) is 3.10. The van der Waals surface area contributed by atoms with Gasteiger partial charge in [-0.05, 0) is 49.7 Å². The summed E-state index contributed by atoms with van der Waals surface area (Å²) in [5.74, 6) is -0.137. The lowest BCUT2D eigenvalue weighted by atomic mass is 10.0. The number of ether oxygens (including phenoxy) is 1. The highest BCUT2D eigenvalue weighted by atomic mass is 16.5. The van der Waals surface area contributed by atoms with E-state index in [0.29, 0.717) is 63.6 Å². The highest BCUT2D eigenvalue weighted by Crippen LogP contribution is 2.28. The van der Waals surface area contributed by atoms with Gasteiger partial charge >= 0.3 is 0 Å². The molecule has 2 aliphatic heterocycles. The first-order chi connectivity index (χ1) is 18.0. The van der Waals surface area contributed by atoms with E-state index in [1.807, 2.05) is 52.9 Å². The monoisotopic (exact) mass is 498 g/mol. The molecule has 5 heterocycles. The quantitative estimate of drug-likeness (QED) is 0.467. The van der Waals surface area contributed by atoms with Crippen LogP contribution in [0.3, 0.4) is 0 Å². The number of pyridine rings is 1. The lowest BCUT2D eigenvalue weighted by Crippen LogP contribution is -2.42. The smallest absolute Gasteiger partial charge is 0.274 e. The summed E-state index contributed by atoms with van der Waals surface area (Å²) in [6, 6.07) is 11.6. The van der Waals surface area contributed by atoms with E-state index < -0.39 is 0 Å². The van der Waals surface area contributed by atoms with Crippen molar-refractivity contribution >= 4 is 22.7 Å². The Kier molecular flexibility index (Phi) is 6.00. The van der Waals surface area contributed by atoms with Gasteiger partial charge in [0.25, 0.3) is 11.8 Å². The second kappa shape index (κ2) is 9.48. The van der Waals surface area contributed by atoms with E-state index in [1.165, 1.54) is 0 Å². The van der Waals surface area contributed by atoms with Crippen molar-refractivity contribution in [2.24, 2.45) is 0 Å². The number of hydrogen-bond donors (Lipinski definition) is 1. The number of nitrogens with one attached hydrogen (secondary N) is 1. The molecule has 0 aliphatic carbocycles. The first kappa shape index (κ1) is 23.4. The molecule has 37 heavy (non-hydrogen) atoms. The molecular weight excluding hydrogens is 468 g/mol. The predicted molar refractivity (Wildman–Crippen MR) is 139 cm³/mol. The number of morpholine rings is 1. The van der Waals surface area contributed by atoms with Crippen molar-refractivity contribution in [1.82, 2.24) is 29.5 Å². The SMILES string of the molecule is Cc1[nH]c2ccc(C(=O)N3CCc4c(c(C(=O)N5CCOCC5)nn4Cc4ccccn4)C3)cc2c1C. The summed E-state index contributed by atoms with van der Waals surface area (Å²) < 4.78 is 7.33. The average molecular weight is 499 g/mol. The Bertz CT molecular complexity index is 1480. The maximum atomic E-state index is 13.6. The fourth-order valence-corrected chi connectivity index (χ4v) is 5.30. The van der Waals surface area contributed by atoms with Crippen LogP contribution in [-0.2, 0) is 24.2 Å². The highest BCUT2D eigenvalue weighted by Gasteiger charge is 2.33. The molecule has 2 aliphatic rings. The molecule has 4 aromatic rings. The third-order valence-corrected chi connectivity index (χ3v) is 7.52. The molecule has 2 amide bonds. The Morgan fingerprint density at radius 3 is 2.65 bits per heavy atom. The van der Waals surface area contributed by atoms with E-state index in [2.05, 4.69) is 16.9 Å². The Morgan fingerprint density at radius 1 is 1.03 bits per heavy atom. The normalized spacial score (nSPS) is 15.7. The fourth-order valence-electron chi connectivity index (χ4n) is 5.30. The Balaban J connectivity index is 1.33. The summed E-state index contributed by atoms with van der Waals surface area (Å²) in [5, 5.41) is 5.85. The first-order valence-corrected chi connectivity index (χ1v) is 12.7. The second-order valence-electron chi connectivity index (χ2n) is 9.77. The van der Waals surface area contributed by atoms with Crippen LogP contribution in [0.1, 0.15) is 49.1 Å². The number of aromatic nitrogens is 4. The molecule has 0 unspecified atom stereocenters. The van der Waals surface area contributed by atoms with Gasteiger partial charge in [0.1, 0.15) is 0 Å². The number of amides is 2. The summed E-state index contributed by atoms with van der Waals surface area (Å²) in [4.78, 5) is 38.6. The van der Waals surface area contributed by atoms with Gasteiger partial charge < -0.3 is 19.5 Å². The summed E-state index contributed by atoms with van der Waals surface area (Å²) in [6.45, 7) is 7.63. The van der Waals surface area contributed by atoms with Crippen LogP contribution in [0.25, 0.3) is 10.9 Å². The lowest BCUT2D eigenvalue weighted by Gasteiger charge is -2.29. The highest BCUT2D eigenvalue weighted by molar-refractivity contribution is 5.99. The van der Waals surface area contributed by atoms with E-state index in [-0.39, 0.29) is 11.8 Å². The molecule has 1 fully saturated rings. The number of carbonyl (C=O) groups is 2. The van der Waals surface area contributed by atoms with Gasteiger partial charge in [-0.1, -0.05) is 6.07 Å². The van der Waals surface area contributed by atoms with Crippen molar-refractivity contribution in [2.45, 2.75) is 33.4 Å². The molecule has 0 atom stereocenters. The minimum atomic E-state index is -0.103. The van der Waals surface area contributed by atoms with Gasteiger partial charge in [-0.2, -0.15) is 5.10 Å². The van der Waals surface area contributed by atoms with E-state index in [0.717, 1.165) is 39.1 Å². The molecule has 0 radical (unpaired) electrons. The van der Waals surface area contributed by atoms with Crippen molar-refractivity contribution in [3.63, 3.8) is 0 Å². The zero-order valence-electron chi connectivity index (χ0n) is 21.2. The summed E-state index contributed by atoms with van der Waals surface area (Å²) in [5.41, 5.74) is 7.08. The van der Waals surface area contributed by atoms with Gasteiger partial charge in [0.2, 0.25) is 0 Å². The van der Waals surface area contributed by atoms with Crippen molar-refractivity contribution in [3.8, 4) is 0 Å². The summed E-state index contributed by atoms with van der Waals surface area (Å²) in [7, 11) is 0. The number of fused-ring (bicyclic) bond motifs is 2. The lowest BCUT2D eigenvalue weighted by molar-refractivity contribution is 0.0296. The van der Waals surface area contributed by atoms with Crippen molar-refractivity contribution in [3.05, 3.63) is 82.1 Å². The first-order valence-electron chi connectivity index (χ1n) is 12.7. The standard InChI is InChI=1S/C28H30N6O3/c1-18-19(2)30-24-7-6-20(15-22(18)24)27(35)33-10-8-25-23(17-33)26(28(36)32-11-13-37-14-12-32)31-34(25)16-21-5-3-4-9-29-21/h3-7,9,15,30H,8,10-14,16-17H2,1-2H3. The molecule has 1 N–H and O–H groups in total. The zero-order valence-corrected chi connectivity index (χ0v) is 21.2. The molecule has 0 bridgehead atoms. The molecular formula is C28H30N6O3. The number of aromatic amines is 1. The number of aryl methyl sites for hydroxylation is 2. The van der Waals surface area contributed by atoms with Crippen LogP contribution in [-0.4, -0.2) is 74.2 Å². The molecule has 1 aromatic carbocycles. The molecule has 6 rings (SSSR count). The summed E-state index contributed by atoms with van der Waals surface area (Å²) >= 11 is 0. The minimum Gasteiger partial charge on any atom is -0.378 e. The molecule has 0 saturated carbocycles. The maximum Gasteiger partial charge on any atom is 0.274 e. The molecule has 1 saturated heterocycles. The molecule has 9 nitrogen and oxygen atoms in total. The second-order valence-corrected chi connectivity index (χ2v) is 9.77. The molecule has 0 spiro atoms. The van der Waals surface area contributed by atoms with E-state index in [4.69, 9.17) is 9.84 Å². The summed E-state index contributed by atoms with van der Waals surface area (Å²) in [6.07, 6.45) is 2.39. The average Bonchev–Trinajstić information content (AvgIpc) is 3.44. The molecule has 190 valence electrons. The van der Waals surface area contributed by atoms with Gasteiger partial charge in [-0.25, -0.2) is 0 Å². The van der Waals surface area contributed by atoms with Crippen molar-refractivity contribution in [1.29, 1.82) is 0 Å². The van der Waals surface area contributed by atoms with E-state index in [9.17, 15) is 9.59 Å². The van der Waals surface area contributed by atoms with Gasteiger partial charge in [0, 0.05) is 65.7 Å². The van der Waals surface area contributed by atoms with Crippen LogP contribution in [0, 0.1) is 13.8 Å². The van der Waals surface area contributed by atoms with Gasteiger partial charge in [0.15, 0.2) is 5.69 Å². The topological polar surface area (TPSA) is 96.4 Å². The minimum absolute atomic E-state index is 0.0342. The van der Waals surface area contributed by atoms with Crippen LogP contribution in [0.15, 0.2) is 42.6 Å². The van der Waals surface area contributed by atoms with E-state index in [1.54, 1.807) is 11.1 Å². The third kappa shape index (κ3) is 4.29. The molecule has 9 heteroatoms. The van der Waals surface area contributed by atoms with Crippen LogP contribution in [0.5, 0.6) is 0 Å². The number of H-pyrrole nitrogens is 1. The maximum absolute atomic E-state index is 13.6. The number of rotatable bonds is 4. The number of nitrogens with zero attached hydrogens (tertiary/aromatic N) is 5. The number of hydrogen-bond acceptors (Lipinski definition) is 5. The van der Waals surface area contributed by atoms with Crippen LogP contribution in [0.2, 0.25) is 0 Å². The Morgan fingerprint density at radius 2 is 1.86 bits per heavy atom. The Labute approximate surface area is 215 Å².